The molecule has 2 aromatic heterocycles. The van der Waals surface area contributed by atoms with Gasteiger partial charge in [-0.25, -0.2) is 9.97 Å². The van der Waals surface area contributed by atoms with Gasteiger partial charge in [0.25, 0.3) is 0 Å². The van der Waals surface area contributed by atoms with Crippen LogP contribution < -0.4 is 14.7 Å². The summed E-state index contributed by atoms with van der Waals surface area (Å²) in [5, 5.41) is 4.31. The molecule has 1 saturated heterocycles. The molecule has 0 bridgehead atoms. The fourth-order valence-corrected chi connectivity index (χ4v) is 5.48. The van der Waals surface area contributed by atoms with E-state index in [0.717, 1.165) is 17.1 Å². The van der Waals surface area contributed by atoms with Gasteiger partial charge >= 0.3 is 6.18 Å². The topological polar surface area (TPSA) is 73.6 Å². The van der Waals surface area contributed by atoms with Gasteiger partial charge in [0.05, 0.1) is 29.3 Å². The molecule has 0 aliphatic carbocycles. The van der Waals surface area contributed by atoms with E-state index in [1.807, 2.05) is 43.8 Å². The average Bonchev–Trinajstić information content (AvgIpc) is 3.31. The summed E-state index contributed by atoms with van der Waals surface area (Å²) in [6.45, 7) is 6.33. The molecular weight excluding hydrogens is 509 g/mol. The van der Waals surface area contributed by atoms with E-state index in [9.17, 15) is 18.0 Å². The predicted molar refractivity (Wildman–Crippen MR) is 143 cm³/mol. The lowest BCUT2D eigenvalue weighted by Gasteiger charge is -2.43. The first-order valence-electron chi connectivity index (χ1n) is 13.0. The third-order valence-corrected chi connectivity index (χ3v) is 7.44. The van der Waals surface area contributed by atoms with Crippen LogP contribution in [0.1, 0.15) is 29.3 Å². The van der Waals surface area contributed by atoms with E-state index in [0.29, 0.717) is 49.8 Å². The van der Waals surface area contributed by atoms with Gasteiger partial charge in [-0.05, 0) is 49.6 Å². The van der Waals surface area contributed by atoms with Gasteiger partial charge in [-0.2, -0.15) is 18.3 Å². The van der Waals surface area contributed by atoms with Crippen LogP contribution in [0.25, 0.3) is 0 Å². The lowest BCUT2D eigenvalue weighted by Crippen LogP contribution is -2.55. The molecule has 0 N–H and O–H groups in total. The molecule has 4 heterocycles. The summed E-state index contributed by atoms with van der Waals surface area (Å²) in [6.07, 6.45) is 1.06. The number of rotatable bonds is 5. The number of piperazine rings is 1. The van der Waals surface area contributed by atoms with Gasteiger partial charge < -0.3 is 19.6 Å². The van der Waals surface area contributed by atoms with Crippen molar-refractivity contribution in [3.8, 4) is 0 Å². The molecule has 9 nitrogen and oxygen atoms in total. The number of hydrogen-bond donors (Lipinski definition) is 0. The first-order chi connectivity index (χ1) is 18.5. The van der Waals surface area contributed by atoms with E-state index in [-0.39, 0.29) is 24.9 Å². The molecule has 5 rings (SSSR count). The van der Waals surface area contributed by atoms with Gasteiger partial charge in [0, 0.05) is 64.7 Å². The van der Waals surface area contributed by atoms with Crippen LogP contribution in [0.3, 0.4) is 0 Å². The number of benzene rings is 1. The van der Waals surface area contributed by atoms with E-state index >= 15 is 0 Å². The molecule has 1 amide bonds. The number of fused-ring (bicyclic) bond motifs is 1. The quantitative estimate of drug-likeness (QED) is 0.490. The number of nitrogens with zero attached hydrogens (tertiary/aromatic N) is 8. The van der Waals surface area contributed by atoms with Gasteiger partial charge in [0.15, 0.2) is 0 Å². The minimum Gasteiger partial charge on any atom is -0.367 e. The van der Waals surface area contributed by atoms with Gasteiger partial charge in [-0.3, -0.25) is 9.48 Å². The molecule has 1 aromatic carbocycles. The highest BCUT2D eigenvalue weighted by atomic mass is 19.4. The number of anilines is 3. The summed E-state index contributed by atoms with van der Waals surface area (Å²) in [6, 6.07) is 4.55. The Balaban J connectivity index is 1.39. The van der Waals surface area contributed by atoms with Gasteiger partial charge in [-0.1, -0.05) is 0 Å². The number of amides is 1. The number of aromatic nitrogens is 4. The molecule has 1 atom stereocenters. The number of alkyl halides is 3. The maximum absolute atomic E-state index is 14.0. The van der Waals surface area contributed by atoms with E-state index in [2.05, 4.69) is 20.0 Å². The van der Waals surface area contributed by atoms with Crippen LogP contribution in [-0.4, -0.2) is 76.9 Å². The van der Waals surface area contributed by atoms with E-state index < -0.39 is 11.7 Å². The van der Waals surface area contributed by atoms with Crippen molar-refractivity contribution in [3.63, 3.8) is 0 Å². The molecule has 12 heteroatoms. The second-order valence-electron chi connectivity index (χ2n) is 10.4. The van der Waals surface area contributed by atoms with Crippen molar-refractivity contribution < 1.29 is 18.0 Å². The molecule has 0 radical (unpaired) electrons. The Bertz CT molecular complexity index is 1340. The fourth-order valence-electron chi connectivity index (χ4n) is 5.48. The van der Waals surface area contributed by atoms with Gasteiger partial charge in [0.2, 0.25) is 11.9 Å². The maximum atomic E-state index is 14.0. The van der Waals surface area contributed by atoms with Crippen LogP contribution in [0, 0.1) is 6.92 Å². The van der Waals surface area contributed by atoms with Crippen LogP contribution in [0.4, 0.5) is 30.5 Å². The fraction of sp³-hybridized carbons (Fsp3) is 0.481. The minimum absolute atomic E-state index is 0.0213. The standard InChI is InChI=1S/C27H33F3N8O/c1-18-7-10-37(33-18)17-25(39)38-12-11-36(15-19(38)2)24-6-5-23(27(28,29)30)21-8-9-35(16-22(21)24)20-13-31-26(32-14-20)34(3)4/h5-7,10,13-14,19H,8-9,11-12,15-17H2,1-4H3/t19-/m1/s1. The zero-order valence-electron chi connectivity index (χ0n) is 22.6. The molecule has 2 aliphatic heterocycles. The van der Waals surface area contributed by atoms with Crippen molar-refractivity contribution in [3.05, 3.63) is 59.2 Å². The number of aryl methyl sites for hydroxylation is 1. The van der Waals surface area contributed by atoms with E-state index in [1.54, 1.807) is 34.2 Å². The summed E-state index contributed by atoms with van der Waals surface area (Å²) < 4.78 is 43.5. The monoisotopic (exact) mass is 542 g/mol. The first kappa shape index (κ1) is 26.8. The van der Waals surface area contributed by atoms with Crippen LogP contribution in [0.15, 0.2) is 36.8 Å². The Hall–Kier alpha value is -3.83. The highest BCUT2D eigenvalue weighted by molar-refractivity contribution is 5.77. The summed E-state index contributed by atoms with van der Waals surface area (Å²) in [5.41, 5.74) is 2.86. The molecule has 39 heavy (non-hydrogen) atoms. The number of hydrogen-bond acceptors (Lipinski definition) is 7. The smallest absolute Gasteiger partial charge is 0.367 e. The lowest BCUT2D eigenvalue weighted by molar-refractivity contribution is -0.138. The Morgan fingerprint density at radius 2 is 1.79 bits per heavy atom. The highest BCUT2D eigenvalue weighted by Crippen LogP contribution is 2.40. The molecule has 3 aromatic rings. The van der Waals surface area contributed by atoms with E-state index in [4.69, 9.17) is 0 Å². The molecule has 2 aliphatic rings. The van der Waals surface area contributed by atoms with Crippen molar-refractivity contribution in [2.75, 3.05) is 55.0 Å². The van der Waals surface area contributed by atoms with Crippen LogP contribution in [-0.2, 0) is 30.5 Å². The third kappa shape index (κ3) is 5.50. The normalized spacial score (nSPS) is 17.8. The number of carbonyl (C=O) groups excluding carboxylic acids is 1. The summed E-state index contributed by atoms with van der Waals surface area (Å²) in [5.74, 6) is 0.548. The molecular formula is C27H33F3N8O. The van der Waals surface area contributed by atoms with Gasteiger partial charge in [0.1, 0.15) is 6.54 Å². The average molecular weight is 543 g/mol. The van der Waals surface area contributed by atoms with Crippen molar-refractivity contribution in [1.29, 1.82) is 0 Å². The zero-order valence-corrected chi connectivity index (χ0v) is 22.6. The Morgan fingerprint density at radius 3 is 2.41 bits per heavy atom. The van der Waals surface area contributed by atoms with Gasteiger partial charge in [-0.15, -0.1) is 0 Å². The van der Waals surface area contributed by atoms with Crippen molar-refractivity contribution in [2.45, 2.75) is 45.6 Å². The molecule has 0 unspecified atom stereocenters. The summed E-state index contributed by atoms with van der Waals surface area (Å²) >= 11 is 0. The van der Waals surface area contributed by atoms with E-state index in [1.165, 1.54) is 6.07 Å². The largest absolute Gasteiger partial charge is 0.416 e. The SMILES string of the molecule is Cc1ccn(CC(=O)N2CCN(c3ccc(C(F)(F)F)c4c3CN(c3cnc(N(C)C)nc3)CC4)C[C@H]2C)n1. The molecule has 208 valence electrons. The van der Waals surface area contributed by atoms with Crippen molar-refractivity contribution >= 4 is 23.2 Å². The minimum atomic E-state index is -4.43. The summed E-state index contributed by atoms with van der Waals surface area (Å²) in [7, 11) is 3.70. The van der Waals surface area contributed by atoms with Crippen LogP contribution >= 0.6 is 0 Å². The predicted octanol–water partition coefficient (Wildman–Crippen LogP) is 3.37. The first-order valence-corrected chi connectivity index (χ1v) is 13.0. The lowest BCUT2D eigenvalue weighted by atomic mass is 9.91. The van der Waals surface area contributed by atoms with Crippen LogP contribution in [0.5, 0.6) is 0 Å². The number of carbonyl (C=O) groups is 1. The Labute approximate surface area is 225 Å². The van der Waals surface area contributed by atoms with Crippen LogP contribution in [0.2, 0.25) is 0 Å². The molecule has 0 saturated carbocycles. The molecule has 0 spiro atoms. The van der Waals surface area contributed by atoms with Crippen molar-refractivity contribution in [2.24, 2.45) is 0 Å². The second kappa shape index (κ2) is 10.4. The molecule has 1 fully saturated rings. The Kier molecular flexibility index (Phi) is 7.13. The second-order valence-corrected chi connectivity index (χ2v) is 10.4. The number of halogens is 3. The third-order valence-electron chi connectivity index (χ3n) is 7.44. The zero-order chi connectivity index (χ0) is 27.9. The Morgan fingerprint density at radius 1 is 1.05 bits per heavy atom. The van der Waals surface area contributed by atoms with Crippen molar-refractivity contribution in [1.82, 2.24) is 24.6 Å². The highest BCUT2D eigenvalue weighted by Gasteiger charge is 2.38. The summed E-state index contributed by atoms with van der Waals surface area (Å²) in [4.78, 5) is 29.5. The maximum Gasteiger partial charge on any atom is 0.416 e.